The van der Waals surface area contributed by atoms with Gasteiger partial charge in [0.05, 0.1) is 6.04 Å². The first-order valence-electron chi connectivity index (χ1n) is 6.95. The van der Waals surface area contributed by atoms with Crippen LogP contribution in [0.5, 0.6) is 5.75 Å². The summed E-state index contributed by atoms with van der Waals surface area (Å²) in [5.41, 5.74) is 1.19. The fourth-order valence-corrected chi connectivity index (χ4v) is 2.88. The average molecular weight is 308 g/mol. The molecule has 1 saturated heterocycles. The fourth-order valence-electron chi connectivity index (χ4n) is 1.93. The van der Waals surface area contributed by atoms with Gasteiger partial charge in [-0.3, -0.25) is 10.1 Å². The summed E-state index contributed by atoms with van der Waals surface area (Å²) in [6.45, 7) is 4.09. The van der Waals surface area contributed by atoms with Crippen LogP contribution >= 0.6 is 11.8 Å². The third-order valence-electron chi connectivity index (χ3n) is 3.22. The monoisotopic (exact) mass is 308 g/mol. The molecule has 114 valence electrons. The summed E-state index contributed by atoms with van der Waals surface area (Å²) in [4.78, 5) is 23.4. The quantitative estimate of drug-likeness (QED) is 0.637. The minimum Gasteiger partial charge on any atom is -0.425 e. The Kier molecular flexibility index (Phi) is 5.64. The predicted octanol–water partition coefficient (Wildman–Crippen LogP) is 1.49. The number of rotatable bonds is 5. The van der Waals surface area contributed by atoms with Crippen molar-refractivity contribution in [3.63, 3.8) is 0 Å². The van der Waals surface area contributed by atoms with Crippen molar-refractivity contribution in [2.75, 3.05) is 18.2 Å². The third-order valence-corrected chi connectivity index (χ3v) is 4.16. The lowest BCUT2D eigenvalue weighted by Crippen LogP contribution is -2.44. The van der Waals surface area contributed by atoms with Crippen molar-refractivity contribution < 1.29 is 14.3 Å². The summed E-state index contributed by atoms with van der Waals surface area (Å²) in [5.74, 6) is 1.81. The summed E-state index contributed by atoms with van der Waals surface area (Å²) >= 11 is 1.66. The van der Waals surface area contributed by atoms with E-state index < -0.39 is 5.97 Å². The van der Waals surface area contributed by atoms with E-state index in [1.807, 2.05) is 12.1 Å². The number of carbonyl (C=O) groups is 2. The highest BCUT2D eigenvalue weighted by atomic mass is 32.2. The van der Waals surface area contributed by atoms with Crippen LogP contribution in [-0.4, -0.2) is 36.1 Å². The first kappa shape index (κ1) is 15.9. The molecule has 1 amide bonds. The van der Waals surface area contributed by atoms with Gasteiger partial charge in [0.25, 0.3) is 0 Å². The zero-order valence-electron chi connectivity index (χ0n) is 12.2. The molecule has 1 unspecified atom stereocenters. The number of nitrogens with one attached hydrogen (secondary N) is 2. The summed E-state index contributed by atoms with van der Waals surface area (Å²) in [7, 11) is 0. The van der Waals surface area contributed by atoms with Crippen LogP contribution in [0.1, 0.15) is 25.3 Å². The van der Waals surface area contributed by atoms with Crippen LogP contribution in [0, 0.1) is 0 Å². The molecule has 1 aromatic rings. The molecule has 0 aliphatic carbocycles. The normalized spacial score (nSPS) is 17.8. The first-order chi connectivity index (χ1) is 10.1. The summed E-state index contributed by atoms with van der Waals surface area (Å²) < 4.78 is 5.18. The Morgan fingerprint density at radius 1 is 1.38 bits per heavy atom. The molecule has 0 bridgehead atoms. The average Bonchev–Trinajstić information content (AvgIpc) is 2.99. The van der Waals surface area contributed by atoms with Gasteiger partial charge in [0, 0.05) is 11.6 Å². The molecule has 1 aliphatic rings. The SMILES string of the molecule is CC(C)c1ccc(OC(=O)CNC(=O)C2CSCN2)cc1. The molecule has 0 saturated carbocycles. The van der Waals surface area contributed by atoms with Gasteiger partial charge in [0.1, 0.15) is 12.3 Å². The lowest BCUT2D eigenvalue weighted by Gasteiger charge is -2.10. The molecule has 21 heavy (non-hydrogen) atoms. The third kappa shape index (κ3) is 4.75. The Morgan fingerprint density at radius 2 is 2.10 bits per heavy atom. The first-order valence-corrected chi connectivity index (χ1v) is 8.11. The molecule has 2 rings (SSSR count). The molecule has 1 aliphatic heterocycles. The highest BCUT2D eigenvalue weighted by Crippen LogP contribution is 2.18. The Morgan fingerprint density at radius 3 is 2.67 bits per heavy atom. The van der Waals surface area contributed by atoms with Crippen molar-refractivity contribution >= 4 is 23.6 Å². The standard InChI is InChI=1S/C15H20N2O3S/c1-10(2)11-3-5-12(6-4-11)20-14(18)7-16-15(19)13-8-21-9-17-13/h3-6,10,13,17H,7-9H2,1-2H3,(H,16,19). The summed E-state index contributed by atoms with van der Waals surface area (Å²) in [6.07, 6.45) is 0. The van der Waals surface area contributed by atoms with Gasteiger partial charge >= 0.3 is 5.97 Å². The van der Waals surface area contributed by atoms with Crippen molar-refractivity contribution in [3.8, 4) is 5.75 Å². The van der Waals surface area contributed by atoms with Crippen molar-refractivity contribution in [2.24, 2.45) is 0 Å². The van der Waals surface area contributed by atoms with Crippen molar-refractivity contribution in [2.45, 2.75) is 25.8 Å². The van der Waals surface area contributed by atoms with Gasteiger partial charge in [-0.05, 0) is 23.6 Å². The van der Waals surface area contributed by atoms with Gasteiger partial charge in [-0.2, -0.15) is 0 Å². The van der Waals surface area contributed by atoms with Gasteiger partial charge in [0.2, 0.25) is 5.91 Å². The lowest BCUT2D eigenvalue weighted by atomic mass is 10.0. The van der Waals surface area contributed by atoms with Crippen LogP contribution < -0.4 is 15.4 Å². The highest BCUT2D eigenvalue weighted by molar-refractivity contribution is 7.99. The maximum Gasteiger partial charge on any atom is 0.330 e. The van der Waals surface area contributed by atoms with E-state index in [1.54, 1.807) is 23.9 Å². The number of thioether (sulfide) groups is 1. The number of carbonyl (C=O) groups excluding carboxylic acids is 2. The molecule has 1 heterocycles. The Labute approximate surface area is 128 Å². The predicted molar refractivity (Wildman–Crippen MR) is 83.4 cm³/mol. The van der Waals surface area contributed by atoms with E-state index >= 15 is 0 Å². The van der Waals surface area contributed by atoms with Crippen molar-refractivity contribution in [1.82, 2.24) is 10.6 Å². The van der Waals surface area contributed by atoms with E-state index in [0.29, 0.717) is 11.7 Å². The van der Waals surface area contributed by atoms with Gasteiger partial charge in [0.15, 0.2) is 0 Å². The zero-order chi connectivity index (χ0) is 15.2. The molecular weight excluding hydrogens is 288 g/mol. The fraction of sp³-hybridized carbons (Fsp3) is 0.467. The molecule has 1 fully saturated rings. The Bertz CT molecular complexity index is 496. The minimum absolute atomic E-state index is 0.117. The second kappa shape index (κ2) is 7.47. The van der Waals surface area contributed by atoms with Crippen LogP contribution in [0.25, 0.3) is 0 Å². The molecule has 2 N–H and O–H groups in total. The molecule has 6 heteroatoms. The number of ether oxygens (including phenoxy) is 1. The van der Waals surface area contributed by atoms with Crippen molar-refractivity contribution in [1.29, 1.82) is 0 Å². The van der Waals surface area contributed by atoms with Crippen LogP contribution in [-0.2, 0) is 9.59 Å². The lowest BCUT2D eigenvalue weighted by molar-refractivity contribution is -0.135. The minimum atomic E-state index is -0.466. The number of benzene rings is 1. The van der Waals surface area contributed by atoms with Gasteiger partial charge in [-0.15, -0.1) is 11.8 Å². The van der Waals surface area contributed by atoms with E-state index in [4.69, 9.17) is 4.74 Å². The second-order valence-electron chi connectivity index (χ2n) is 5.19. The Balaban J connectivity index is 1.77. The van der Waals surface area contributed by atoms with Crippen LogP contribution in [0.4, 0.5) is 0 Å². The topological polar surface area (TPSA) is 67.4 Å². The molecule has 1 aromatic carbocycles. The number of hydrogen-bond acceptors (Lipinski definition) is 5. The van der Waals surface area contributed by atoms with E-state index in [0.717, 1.165) is 11.6 Å². The summed E-state index contributed by atoms with van der Waals surface area (Å²) in [6, 6.07) is 7.19. The molecule has 1 atom stereocenters. The maximum absolute atomic E-state index is 11.7. The van der Waals surface area contributed by atoms with Crippen LogP contribution in [0.2, 0.25) is 0 Å². The zero-order valence-corrected chi connectivity index (χ0v) is 13.0. The highest BCUT2D eigenvalue weighted by Gasteiger charge is 2.22. The van der Waals surface area contributed by atoms with E-state index in [1.165, 1.54) is 5.56 Å². The van der Waals surface area contributed by atoms with Crippen molar-refractivity contribution in [3.05, 3.63) is 29.8 Å². The van der Waals surface area contributed by atoms with E-state index in [9.17, 15) is 9.59 Å². The number of hydrogen-bond donors (Lipinski definition) is 2. The number of amides is 1. The van der Waals surface area contributed by atoms with Gasteiger partial charge in [-0.25, -0.2) is 4.79 Å². The van der Waals surface area contributed by atoms with E-state index in [-0.39, 0.29) is 18.5 Å². The summed E-state index contributed by atoms with van der Waals surface area (Å²) in [5, 5.41) is 5.63. The van der Waals surface area contributed by atoms with Gasteiger partial charge in [-0.1, -0.05) is 26.0 Å². The molecule has 0 aromatic heterocycles. The number of esters is 1. The smallest absolute Gasteiger partial charge is 0.330 e. The Hall–Kier alpha value is -1.53. The van der Waals surface area contributed by atoms with Crippen LogP contribution in [0.15, 0.2) is 24.3 Å². The molecule has 0 radical (unpaired) electrons. The second-order valence-corrected chi connectivity index (χ2v) is 6.22. The largest absolute Gasteiger partial charge is 0.425 e. The molecule has 5 nitrogen and oxygen atoms in total. The molecular formula is C15H20N2O3S. The molecule has 0 spiro atoms. The van der Waals surface area contributed by atoms with E-state index in [2.05, 4.69) is 24.5 Å². The maximum atomic E-state index is 11.7. The van der Waals surface area contributed by atoms with Crippen LogP contribution in [0.3, 0.4) is 0 Å². The van der Waals surface area contributed by atoms with Gasteiger partial charge < -0.3 is 10.1 Å².